The zero-order valence-electron chi connectivity index (χ0n) is 10.3. The minimum atomic E-state index is -0.938. The van der Waals surface area contributed by atoms with Crippen LogP contribution in [-0.4, -0.2) is 17.2 Å². The number of benzene rings is 1. The fraction of sp³-hybridized carbons (Fsp3) is 0.214. The van der Waals surface area contributed by atoms with Gasteiger partial charge in [0, 0.05) is 27.2 Å². The Morgan fingerprint density at radius 3 is 3.05 bits per heavy atom. The van der Waals surface area contributed by atoms with Crippen LogP contribution in [0.3, 0.4) is 0 Å². The maximum atomic E-state index is 10.9. The summed E-state index contributed by atoms with van der Waals surface area (Å²) in [5.41, 5.74) is 0.906. The summed E-state index contributed by atoms with van der Waals surface area (Å²) < 4.78 is 12.1. The third-order valence-electron chi connectivity index (χ3n) is 2.99. The molecule has 1 aliphatic heterocycles. The number of hydrogen-bond acceptors (Lipinski definition) is 4. The van der Waals surface area contributed by atoms with Crippen LogP contribution in [0.2, 0.25) is 0 Å². The number of hydrogen-bond donors (Lipinski definition) is 1. The van der Waals surface area contributed by atoms with Crippen LogP contribution in [0.15, 0.2) is 34.1 Å². The SMILES string of the molecule is O=C(O)C1Cc2ccc(OCc3cc(Br)cs3)cc2O1. The number of aliphatic carboxylic acids is 1. The molecule has 1 unspecified atom stereocenters. The van der Waals surface area contributed by atoms with Crippen molar-refractivity contribution < 1.29 is 19.4 Å². The summed E-state index contributed by atoms with van der Waals surface area (Å²) in [5, 5.41) is 11.0. The lowest BCUT2D eigenvalue weighted by Gasteiger charge is -2.07. The number of halogens is 1. The van der Waals surface area contributed by atoms with Gasteiger partial charge in [0.15, 0.2) is 6.10 Å². The second-order valence-electron chi connectivity index (χ2n) is 4.44. The lowest BCUT2D eigenvalue weighted by atomic mass is 10.1. The first kappa shape index (κ1) is 13.5. The number of carbonyl (C=O) groups is 1. The van der Waals surface area contributed by atoms with Crippen molar-refractivity contribution in [3.05, 3.63) is 44.6 Å². The summed E-state index contributed by atoms with van der Waals surface area (Å²) in [4.78, 5) is 12.0. The summed E-state index contributed by atoms with van der Waals surface area (Å²) in [7, 11) is 0. The highest BCUT2D eigenvalue weighted by Gasteiger charge is 2.28. The van der Waals surface area contributed by atoms with E-state index < -0.39 is 12.1 Å². The van der Waals surface area contributed by atoms with E-state index in [4.69, 9.17) is 14.6 Å². The number of ether oxygens (including phenoxy) is 2. The van der Waals surface area contributed by atoms with Crippen LogP contribution in [0.4, 0.5) is 0 Å². The predicted octanol–water partition coefficient (Wildman–Crippen LogP) is 3.48. The molecule has 1 atom stereocenters. The van der Waals surface area contributed by atoms with Crippen LogP contribution >= 0.6 is 27.3 Å². The highest BCUT2D eigenvalue weighted by atomic mass is 79.9. The molecule has 2 aromatic rings. The molecule has 2 heterocycles. The molecule has 0 saturated carbocycles. The van der Waals surface area contributed by atoms with Crippen LogP contribution in [0.5, 0.6) is 11.5 Å². The molecule has 0 radical (unpaired) electrons. The quantitative estimate of drug-likeness (QED) is 0.913. The first-order valence-electron chi connectivity index (χ1n) is 6.00. The third kappa shape index (κ3) is 2.81. The van der Waals surface area contributed by atoms with E-state index in [0.29, 0.717) is 24.5 Å². The Hall–Kier alpha value is -1.53. The molecule has 0 bridgehead atoms. The zero-order valence-corrected chi connectivity index (χ0v) is 12.7. The van der Waals surface area contributed by atoms with Crippen LogP contribution < -0.4 is 9.47 Å². The molecule has 3 rings (SSSR count). The molecule has 6 heteroatoms. The van der Waals surface area contributed by atoms with Crippen molar-refractivity contribution in [2.75, 3.05) is 0 Å². The summed E-state index contributed by atoms with van der Waals surface area (Å²) >= 11 is 5.02. The van der Waals surface area contributed by atoms with Crippen molar-refractivity contribution in [2.24, 2.45) is 0 Å². The Bertz CT molecular complexity index is 652. The average Bonchev–Trinajstić information content (AvgIpc) is 3.01. The third-order valence-corrected chi connectivity index (χ3v) is 4.66. The monoisotopic (exact) mass is 354 g/mol. The van der Waals surface area contributed by atoms with Gasteiger partial charge in [-0.15, -0.1) is 11.3 Å². The summed E-state index contributed by atoms with van der Waals surface area (Å²) in [6, 6.07) is 7.46. The number of carboxylic acid groups (broad SMARTS) is 1. The van der Waals surface area contributed by atoms with Crippen molar-refractivity contribution in [1.29, 1.82) is 0 Å². The maximum absolute atomic E-state index is 10.9. The molecule has 0 spiro atoms. The molecule has 1 aromatic heterocycles. The predicted molar refractivity (Wildman–Crippen MR) is 78.5 cm³/mol. The molecule has 1 aromatic carbocycles. The van der Waals surface area contributed by atoms with E-state index in [9.17, 15) is 4.79 Å². The molecule has 4 nitrogen and oxygen atoms in total. The van der Waals surface area contributed by atoms with Gasteiger partial charge in [-0.05, 0) is 33.6 Å². The summed E-state index contributed by atoms with van der Waals surface area (Å²) in [6.07, 6.45) is -0.378. The average molecular weight is 355 g/mol. The topological polar surface area (TPSA) is 55.8 Å². The molecule has 1 aliphatic rings. The fourth-order valence-corrected chi connectivity index (χ4v) is 3.38. The summed E-state index contributed by atoms with van der Waals surface area (Å²) in [6.45, 7) is 0.484. The first-order chi connectivity index (χ1) is 9.61. The Balaban J connectivity index is 1.68. The van der Waals surface area contributed by atoms with Crippen LogP contribution in [0.1, 0.15) is 10.4 Å². The molecular weight excluding hydrogens is 344 g/mol. The van der Waals surface area contributed by atoms with Gasteiger partial charge >= 0.3 is 5.97 Å². The normalized spacial score (nSPS) is 16.6. The van der Waals surface area contributed by atoms with Gasteiger partial charge in [0.25, 0.3) is 0 Å². The summed E-state index contributed by atoms with van der Waals surface area (Å²) in [5.74, 6) is 0.341. The van der Waals surface area contributed by atoms with Crippen LogP contribution in [-0.2, 0) is 17.8 Å². The smallest absolute Gasteiger partial charge is 0.345 e. The second kappa shape index (κ2) is 5.46. The van der Waals surface area contributed by atoms with E-state index in [1.165, 1.54) is 0 Å². The Kier molecular flexibility index (Phi) is 3.67. The van der Waals surface area contributed by atoms with Crippen molar-refractivity contribution in [1.82, 2.24) is 0 Å². The van der Waals surface area contributed by atoms with Crippen molar-refractivity contribution in [3.8, 4) is 11.5 Å². The van der Waals surface area contributed by atoms with E-state index in [2.05, 4.69) is 15.9 Å². The standard InChI is InChI=1S/C14H11BrO4S/c15-9-4-11(20-7-9)6-18-10-2-1-8-3-13(14(16)17)19-12(8)5-10/h1-2,4-5,7,13H,3,6H2,(H,16,17). The minimum absolute atomic E-state index is 0.406. The molecule has 20 heavy (non-hydrogen) atoms. The lowest BCUT2D eigenvalue weighted by Crippen LogP contribution is -2.24. The van der Waals surface area contributed by atoms with Crippen LogP contribution in [0.25, 0.3) is 0 Å². The maximum Gasteiger partial charge on any atom is 0.345 e. The molecule has 0 aliphatic carbocycles. The molecule has 0 amide bonds. The molecule has 0 saturated heterocycles. The van der Waals surface area contributed by atoms with Gasteiger partial charge in [-0.25, -0.2) is 4.79 Å². The van der Waals surface area contributed by atoms with Gasteiger partial charge in [-0.3, -0.25) is 0 Å². The largest absolute Gasteiger partial charge is 0.488 e. The number of carboxylic acids is 1. The Morgan fingerprint density at radius 1 is 1.50 bits per heavy atom. The first-order valence-corrected chi connectivity index (χ1v) is 7.67. The second-order valence-corrected chi connectivity index (χ2v) is 6.35. The zero-order chi connectivity index (χ0) is 14.1. The van der Waals surface area contributed by atoms with Gasteiger partial charge in [0.05, 0.1) is 0 Å². The minimum Gasteiger partial charge on any atom is -0.488 e. The van der Waals surface area contributed by atoms with E-state index in [0.717, 1.165) is 14.9 Å². The van der Waals surface area contributed by atoms with Gasteiger partial charge < -0.3 is 14.6 Å². The van der Waals surface area contributed by atoms with Crippen molar-refractivity contribution in [2.45, 2.75) is 19.1 Å². The van der Waals surface area contributed by atoms with Gasteiger partial charge in [-0.1, -0.05) is 6.07 Å². The highest BCUT2D eigenvalue weighted by molar-refractivity contribution is 9.10. The Labute approximate surface area is 128 Å². The molecule has 104 valence electrons. The van der Waals surface area contributed by atoms with E-state index >= 15 is 0 Å². The van der Waals surface area contributed by atoms with Gasteiger partial charge in [0.2, 0.25) is 0 Å². The van der Waals surface area contributed by atoms with Crippen molar-refractivity contribution in [3.63, 3.8) is 0 Å². The molecule has 1 N–H and O–H groups in total. The Morgan fingerprint density at radius 2 is 2.35 bits per heavy atom. The van der Waals surface area contributed by atoms with E-state index in [1.54, 1.807) is 17.4 Å². The lowest BCUT2D eigenvalue weighted by molar-refractivity contribution is -0.144. The van der Waals surface area contributed by atoms with Gasteiger partial charge in [0.1, 0.15) is 18.1 Å². The van der Waals surface area contributed by atoms with Crippen molar-refractivity contribution >= 4 is 33.2 Å². The van der Waals surface area contributed by atoms with Gasteiger partial charge in [-0.2, -0.15) is 0 Å². The molecular formula is C14H11BrO4S. The number of fused-ring (bicyclic) bond motifs is 1. The van der Waals surface area contributed by atoms with E-state index in [-0.39, 0.29) is 0 Å². The fourth-order valence-electron chi connectivity index (χ4n) is 2.02. The number of rotatable bonds is 4. The van der Waals surface area contributed by atoms with Crippen LogP contribution in [0, 0.1) is 0 Å². The number of thiophene rings is 1. The molecule has 0 fully saturated rings. The van der Waals surface area contributed by atoms with E-state index in [1.807, 2.05) is 23.6 Å². The highest BCUT2D eigenvalue weighted by Crippen LogP contribution is 2.33.